The Hall–Kier alpha value is -3.65. The highest BCUT2D eigenvalue weighted by Crippen LogP contribution is 2.23. The maximum absolute atomic E-state index is 13.9. The fourth-order valence-corrected chi connectivity index (χ4v) is 5.82. The summed E-state index contributed by atoms with van der Waals surface area (Å²) in [6.07, 6.45) is 2.75. The van der Waals surface area contributed by atoms with Gasteiger partial charge in [0.2, 0.25) is 21.8 Å². The second-order valence-electron chi connectivity index (χ2n) is 10.8. The standard InChI is InChI=1S/C33H43N3O4S/c1-6-27(4)34-33(38)31(23-28-14-9-7-10-15-28)35(24-29-16-11-8-12-17-29)32(37)18-13-19-36(41(5,39)40)30-21-25(2)20-26(3)22-30/h7-12,14-17,20-22,27,31H,6,13,18-19,23-24H2,1-5H3,(H,34,38)/t27-,31-/m0/s1. The zero-order chi connectivity index (χ0) is 30.0. The number of benzene rings is 3. The van der Waals surface area contributed by atoms with E-state index in [1.165, 1.54) is 10.6 Å². The Bertz CT molecular complexity index is 1370. The lowest BCUT2D eigenvalue weighted by molar-refractivity contribution is -0.141. The monoisotopic (exact) mass is 577 g/mol. The predicted molar refractivity (Wildman–Crippen MR) is 166 cm³/mol. The van der Waals surface area contributed by atoms with Gasteiger partial charge >= 0.3 is 0 Å². The number of nitrogens with one attached hydrogen (secondary N) is 1. The van der Waals surface area contributed by atoms with E-state index in [4.69, 9.17) is 0 Å². The Morgan fingerprint density at radius 1 is 0.878 bits per heavy atom. The molecule has 2 atom stereocenters. The average Bonchev–Trinajstić information content (AvgIpc) is 2.92. The first-order valence-electron chi connectivity index (χ1n) is 14.2. The number of hydrogen-bond donors (Lipinski definition) is 1. The van der Waals surface area contributed by atoms with Crippen molar-refractivity contribution in [2.45, 2.75) is 72.0 Å². The number of hydrogen-bond acceptors (Lipinski definition) is 4. The van der Waals surface area contributed by atoms with Crippen molar-refractivity contribution in [1.82, 2.24) is 10.2 Å². The lowest BCUT2D eigenvalue weighted by Gasteiger charge is -2.32. The van der Waals surface area contributed by atoms with Gasteiger partial charge in [-0.3, -0.25) is 13.9 Å². The van der Waals surface area contributed by atoms with E-state index in [0.29, 0.717) is 18.5 Å². The molecule has 0 bridgehead atoms. The van der Waals surface area contributed by atoms with Crippen molar-refractivity contribution in [3.05, 3.63) is 101 Å². The first kappa shape index (κ1) is 31.9. The summed E-state index contributed by atoms with van der Waals surface area (Å²) in [5, 5.41) is 3.08. The molecule has 0 heterocycles. The summed E-state index contributed by atoms with van der Waals surface area (Å²) in [5.41, 5.74) is 4.40. The second-order valence-corrected chi connectivity index (χ2v) is 12.7. The minimum Gasteiger partial charge on any atom is -0.352 e. The smallest absolute Gasteiger partial charge is 0.243 e. The minimum absolute atomic E-state index is 0.0319. The third-order valence-corrected chi connectivity index (χ3v) is 8.31. The minimum atomic E-state index is -3.56. The van der Waals surface area contributed by atoms with Gasteiger partial charge in [0.05, 0.1) is 11.9 Å². The highest BCUT2D eigenvalue weighted by atomic mass is 32.2. The average molecular weight is 578 g/mol. The molecule has 0 spiro atoms. The second kappa shape index (κ2) is 14.8. The van der Waals surface area contributed by atoms with Crippen LogP contribution in [0.2, 0.25) is 0 Å². The molecule has 0 saturated heterocycles. The summed E-state index contributed by atoms with van der Waals surface area (Å²) in [6.45, 7) is 8.26. The molecule has 41 heavy (non-hydrogen) atoms. The van der Waals surface area contributed by atoms with Gasteiger partial charge in [-0.25, -0.2) is 8.42 Å². The lowest BCUT2D eigenvalue weighted by atomic mass is 10.0. The number of sulfonamides is 1. The molecule has 0 radical (unpaired) electrons. The van der Waals surface area contributed by atoms with Gasteiger partial charge in [-0.1, -0.05) is 73.7 Å². The number of rotatable bonds is 14. The lowest BCUT2D eigenvalue weighted by Crippen LogP contribution is -2.52. The Kier molecular flexibility index (Phi) is 11.5. The van der Waals surface area contributed by atoms with E-state index in [0.717, 1.165) is 28.7 Å². The Morgan fingerprint density at radius 3 is 1.98 bits per heavy atom. The highest BCUT2D eigenvalue weighted by Gasteiger charge is 2.31. The molecule has 3 aromatic carbocycles. The number of aryl methyl sites for hydroxylation is 2. The Morgan fingerprint density at radius 2 is 1.44 bits per heavy atom. The number of anilines is 1. The highest BCUT2D eigenvalue weighted by molar-refractivity contribution is 7.92. The first-order valence-corrected chi connectivity index (χ1v) is 16.1. The van der Waals surface area contributed by atoms with Crippen LogP contribution in [0.3, 0.4) is 0 Å². The summed E-state index contributed by atoms with van der Waals surface area (Å²) < 4.78 is 26.8. The van der Waals surface area contributed by atoms with E-state index in [9.17, 15) is 18.0 Å². The van der Waals surface area contributed by atoms with E-state index in [2.05, 4.69) is 5.32 Å². The van der Waals surface area contributed by atoms with E-state index >= 15 is 0 Å². The normalized spacial score (nSPS) is 12.8. The van der Waals surface area contributed by atoms with Gasteiger partial charge in [0.1, 0.15) is 6.04 Å². The molecule has 0 unspecified atom stereocenters. The van der Waals surface area contributed by atoms with Crippen LogP contribution in [0, 0.1) is 13.8 Å². The Balaban J connectivity index is 1.88. The van der Waals surface area contributed by atoms with Crippen LogP contribution in [0.25, 0.3) is 0 Å². The quantitative estimate of drug-likeness (QED) is 0.278. The molecule has 3 rings (SSSR count). The van der Waals surface area contributed by atoms with Crippen molar-refractivity contribution in [1.29, 1.82) is 0 Å². The summed E-state index contributed by atoms with van der Waals surface area (Å²) >= 11 is 0. The SMILES string of the molecule is CC[C@H](C)NC(=O)[C@H](Cc1ccccc1)N(Cc1ccccc1)C(=O)CCCN(c1cc(C)cc(C)c1)S(C)(=O)=O. The molecular formula is C33H43N3O4S. The molecular weight excluding hydrogens is 534 g/mol. The summed E-state index contributed by atoms with van der Waals surface area (Å²) in [7, 11) is -3.56. The van der Waals surface area contributed by atoms with Crippen LogP contribution in [-0.2, 0) is 32.6 Å². The van der Waals surface area contributed by atoms with E-state index in [1.54, 1.807) is 4.90 Å². The molecule has 0 fully saturated rings. The molecule has 2 amide bonds. The van der Waals surface area contributed by atoms with Crippen molar-refractivity contribution < 1.29 is 18.0 Å². The summed E-state index contributed by atoms with van der Waals surface area (Å²) in [6, 6.07) is 24.2. The van der Waals surface area contributed by atoms with Crippen molar-refractivity contribution in [2.24, 2.45) is 0 Å². The van der Waals surface area contributed by atoms with Crippen molar-refractivity contribution in [3.63, 3.8) is 0 Å². The Labute approximate surface area is 245 Å². The fraction of sp³-hybridized carbons (Fsp3) is 0.394. The molecule has 220 valence electrons. The van der Waals surface area contributed by atoms with E-state index in [-0.39, 0.29) is 37.4 Å². The maximum atomic E-state index is 13.9. The van der Waals surface area contributed by atoms with Gasteiger partial charge in [-0.05, 0) is 68.0 Å². The van der Waals surface area contributed by atoms with Crippen molar-refractivity contribution in [3.8, 4) is 0 Å². The molecule has 0 aliphatic carbocycles. The summed E-state index contributed by atoms with van der Waals surface area (Å²) in [5.74, 6) is -0.386. The van der Waals surface area contributed by atoms with Crippen LogP contribution in [0.5, 0.6) is 0 Å². The van der Waals surface area contributed by atoms with Gasteiger partial charge in [0, 0.05) is 32.0 Å². The molecule has 3 aromatic rings. The third kappa shape index (κ3) is 9.74. The van der Waals surface area contributed by atoms with Crippen molar-refractivity contribution >= 4 is 27.5 Å². The van der Waals surface area contributed by atoms with Crippen LogP contribution in [0.4, 0.5) is 5.69 Å². The molecule has 0 aliphatic rings. The number of nitrogens with zero attached hydrogens (tertiary/aromatic N) is 2. The van der Waals surface area contributed by atoms with Crippen molar-refractivity contribution in [2.75, 3.05) is 17.1 Å². The number of carbonyl (C=O) groups is 2. The molecule has 8 heteroatoms. The number of amides is 2. The van der Waals surface area contributed by atoms with Gasteiger partial charge in [0.25, 0.3) is 0 Å². The topological polar surface area (TPSA) is 86.8 Å². The van der Waals surface area contributed by atoms with Gasteiger partial charge in [-0.15, -0.1) is 0 Å². The summed E-state index contributed by atoms with van der Waals surface area (Å²) in [4.78, 5) is 29.2. The first-order chi connectivity index (χ1) is 19.5. The van der Waals surface area contributed by atoms with Gasteiger partial charge < -0.3 is 10.2 Å². The third-order valence-electron chi connectivity index (χ3n) is 7.11. The maximum Gasteiger partial charge on any atom is 0.243 e. The molecule has 0 saturated carbocycles. The van der Waals surface area contributed by atoms with Gasteiger partial charge in [-0.2, -0.15) is 0 Å². The molecule has 0 aromatic heterocycles. The van der Waals surface area contributed by atoms with Crippen LogP contribution >= 0.6 is 0 Å². The van der Waals surface area contributed by atoms with Crippen LogP contribution in [0.15, 0.2) is 78.9 Å². The van der Waals surface area contributed by atoms with Gasteiger partial charge in [0.15, 0.2) is 0 Å². The largest absolute Gasteiger partial charge is 0.352 e. The number of carbonyl (C=O) groups excluding carboxylic acids is 2. The van der Waals surface area contributed by atoms with E-state index < -0.39 is 16.1 Å². The van der Waals surface area contributed by atoms with Crippen LogP contribution < -0.4 is 9.62 Å². The van der Waals surface area contributed by atoms with E-state index in [1.807, 2.05) is 107 Å². The van der Waals surface area contributed by atoms with Crippen LogP contribution in [0.1, 0.15) is 55.4 Å². The zero-order valence-corrected chi connectivity index (χ0v) is 25.7. The predicted octanol–water partition coefficient (Wildman–Crippen LogP) is 5.40. The van der Waals surface area contributed by atoms with Crippen LogP contribution in [-0.4, -0.2) is 50.0 Å². The fourth-order valence-electron chi connectivity index (χ4n) is 4.87. The molecule has 7 nitrogen and oxygen atoms in total. The molecule has 0 aliphatic heterocycles. The zero-order valence-electron chi connectivity index (χ0n) is 24.8. The molecule has 1 N–H and O–H groups in total.